The van der Waals surface area contributed by atoms with Crippen molar-refractivity contribution < 1.29 is 9.59 Å². The Hall–Kier alpha value is -2.04. The smallest absolute Gasteiger partial charge is 0.317 e. The van der Waals surface area contributed by atoms with Crippen molar-refractivity contribution in [2.24, 2.45) is 0 Å². The van der Waals surface area contributed by atoms with Crippen LogP contribution in [-0.2, 0) is 0 Å². The Morgan fingerprint density at radius 2 is 1.91 bits per heavy atom. The van der Waals surface area contributed by atoms with E-state index < -0.39 is 0 Å². The van der Waals surface area contributed by atoms with Crippen LogP contribution in [0.4, 0.5) is 4.79 Å². The molecule has 3 rings (SSSR count). The predicted octanol–water partition coefficient (Wildman–Crippen LogP) is 1.93. The van der Waals surface area contributed by atoms with Gasteiger partial charge in [-0.2, -0.15) is 0 Å². The Kier molecular flexibility index (Phi) is 4.05. The molecule has 2 aliphatic rings. The van der Waals surface area contributed by atoms with Gasteiger partial charge in [0.15, 0.2) is 0 Å². The van der Waals surface area contributed by atoms with E-state index in [1.807, 2.05) is 41.8 Å². The molecule has 0 radical (unpaired) electrons. The maximum atomic E-state index is 12.7. The average molecular weight is 301 g/mol. The summed E-state index contributed by atoms with van der Waals surface area (Å²) in [6, 6.07) is 6.32. The highest BCUT2D eigenvalue weighted by molar-refractivity contribution is 5.96. The molecular formula is C17H23N3O2. The van der Waals surface area contributed by atoms with E-state index in [1.165, 1.54) is 0 Å². The van der Waals surface area contributed by atoms with Gasteiger partial charge in [0.1, 0.15) is 0 Å². The Bertz CT molecular complexity index is 592. The fourth-order valence-electron chi connectivity index (χ4n) is 3.35. The lowest BCUT2D eigenvalue weighted by atomic mass is 10.0. The van der Waals surface area contributed by atoms with Crippen LogP contribution in [0.15, 0.2) is 18.2 Å². The molecule has 3 amide bonds. The van der Waals surface area contributed by atoms with E-state index in [1.54, 1.807) is 0 Å². The minimum Gasteiger partial charge on any atom is -0.338 e. The highest BCUT2D eigenvalue weighted by Crippen LogP contribution is 2.21. The zero-order valence-electron chi connectivity index (χ0n) is 13.3. The number of rotatable bonds is 2. The zero-order chi connectivity index (χ0) is 15.7. The molecule has 2 saturated heterocycles. The molecule has 0 spiro atoms. The maximum Gasteiger partial charge on any atom is 0.317 e. The Morgan fingerprint density at radius 1 is 1.18 bits per heavy atom. The lowest BCUT2D eigenvalue weighted by molar-refractivity contribution is 0.0665. The van der Waals surface area contributed by atoms with Crippen molar-refractivity contribution in [3.63, 3.8) is 0 Å². The molecule has 22 heavy (non-hydrogen) atoms. The number of nitrogens with one attached hydrogen (secondary N) is 1. The molecule has 2 fully saturated rings. The third-order valence-electron chi connectivity index (χ3n) is 4.71. The van der Waals surface area contributed by atoms with Crippen LogP contribution in [0.5, 0.6) is 0 Å². The summed E-state index contributed by atoms with van der Waals surface area (Å²) < 4.78 is 0. The second-order valence-electron chi connectivity index (χ2n) is 6.27. The van der Waals surface area contributed by atoms with Crippen molar-refractivity contribution in [1.29, 1.82) is 0 Å². The van der Waals surface area contributed by atoms with Crippen LogP contribution in [-0.4, -0.2) is 54.0 Å². The van der Waals surface area contributed by atoms with Crippen molar-refractivity contribution in [2.45, 2.75) is 32.7 Å². The van der Waals surface area contributed by atoms with E-state index >= 15 is 0 Å². The molecule has 1 N–H and O–H groups in total. The van der Waals surface area contributed by atoms with Crippen LogP contribution in [0.2, 0.25) is 0 Å². The van der Waals surface area contributed by atoms with E-state index in [9.17, 15) is 9.59 Å². The van der Waals surface area contributed by atoms with Gasteiger partial charge in [-0.25, -0.2) is 4.79 Å². The minimum atomic E-state index is 0.0410. The number of hydrogen-bond donors (Lipinski definition) is 1. The third kappa shape index (κ3) is 2.80. The number of amides is 3. The molecule has 5 nitrogen and oxygen atoms in total. The highest BCUT2D eigenvalue weighted by atomic mass is 16.2. The summed E-state index contributed by atoms with van der Waals surface area (Å²) in [6.45, 7) is 6.96. The first kappa shape index (κ1) is 14.9. The molecule has 1 aromatic rings. The van der Waals surface area contributed by atoms with Crippen LogP contribution in [0, 0.1) is 13.8 Å². The first-order valence-electron chi connectivity index (χ1n) is 7.97. The number of aryl methyl sites for hydroxylation is 2. The second kappa shape index (κ2) is 5.99. The molecule has 5 heteroatoms. The van der Waals surface area contributed by atoms with E-state index in [-0.39, 0.29) is 18.0 Å². The standard InChI is InChI=1S/C17H23N3O2/c1-12-3-4-13(2)15(11-12)16(21)19-8-5-14(6-9-19)20-10-7-18-17(20)22/h3-4,11,14H,5-10H2,1-2H3,(H,18,22). The second-order valence-corrected chi connectivity index (χ2v) is 6.27. The highest BCUT2D eigenvalue weighted by Gasteiger charge is 2.32. The number of benzene rings is 1. The van der Waals surface area contributed by atoms with Gasteiger partial charge < -0.3 is 15.1 Å². The van der Waals surface area contributed by atoms with Crippen LogP contribution in [0.3, 0.4) is 0 Å². The van der Waals surface area contributed by atoms with Gasteiger partial charge in [-0.1, -0.05) is 17.7 Å². The van der Waals surface area contributed by atoms with Gasteiger partial charge in [0, 0.05) is 37.8 Å². The summed E-state index contributed by atoms with van der Waals surface area (Å²) in [5.41, 5.74) is 2.94. The molecule has 0 aliphatic carbocycles. The van der Waals surface area contributed by atoms with Gasteiger partial charge in [0.05, 0.1) is 0 Å². The normalized spacial score (nSPS) is 19.5. The summed E-state index contributed by atoms with van der Waals surface area (Å²) in [4.78, 5) is 28.3. The molecule has 1 aromatic carbocycles. The number of nitrogens with zero attached hydrogens (tertiary/aromatic N) is 2. The van der Waals surface area contributed by atoms with Gasteiger partial charge >= 0.3 is 6.03 Å². The van der Waals surface area contributed by atoms with Crippen molar-refractivity contribution in [1.82, 2.24) is 15.1 Å². The lowest BCUT2D eigenvalue weighted by Crippen LogP contribution is -2.47. The van der Waals surface area contributed by atoms with Crippen LogP contribution in [0.1, 0.15) is 34.3 Å². The molecular weight excluding hydrogens is 278 g/mol. The molecule has 0 aromatic heterocycles. The van der Waals surface area contributed by atoms with Gasteiger partial charge in [0.25, 0.3) is 5.91 Å². The Morgan fingerprint density at radius 3 is 2.55 bits per heavy atom. The summed E-state index contributed by atoms with van der Waals surface area (Å²) in [7, 11) is 0. The quantitative estimate of drug-likeness (QED) is 0.907. The predicted molar refractivity (Wildman–Crippen MR) is 84.9 cm³/mol. The first-order valence-corrected chi connectivity index (χ1v) is 7.97. The lowest BCUT2D eigenvalue weighted by Gasteiger charge is -2.36. The van der Waals surface area contributed by atoms with Crippen molar-refractivity contribution in [2.75, 3.05) is 26.2 Å². The molecule has 0 bridgehead atoms. The fourth-order valence-corrected chi connectivity index (χ4v) is 3.35. The van der Waals surface area contributed by atoms with Gasteiger partial charge in [0.2, 0.25) is 0 Å². The Labute approximate surface area is 131 Å². The molecule has 0 saturated carbocycles. The first-order chi connectivity index (χ1) is 10.6. The van der Waals surface area contributed by atoms with Gasteiger partial charge in [-0.15, -0.1) is 0 Å². The number of urea groups is 1. The van der Waals surface area contributed by atoms with Crippen molar-refractivity contribution in [3.05, 3.63) is 34.9 Å². The molecule has 2 heterocycles. The summed E-state index contributed by atoms with van der Waals surface area (Å²) in [6.07, 6.45) is 1.73. The largest absolute Gasteiger partial charge is 0.338 e. The number of likely N-dealkylation sites (tertiary alicyclic amines) is 1. The minimum absolute atomic E-state index is 0.0410. The number of carbonyl (C=O) groups excluding carboxylic acids is 2. The van der Waals surface area contributed by atoms with Gasteiger partial charge in [-0.3, -0.25) is 4.79 Å². The summed E-state index contributed by atoms with van der Waals surface area (Å²) in [5, 5.41) is 2.85. The number of carbonyl (C=O) groups is 2. The van der Waals surface area contributed by atoms with E-state index in [2.05, 4.69) is 5.32 Å². The van der Waals surface area contributed by atoms with E-state index in [0.29, 0.717) is 0 Å². The summed E-state index contributed by atoms with van der Waals surface area (Å²) >= 11 is 0. The van der Waals surface area contributed by atoms with Crippen molar-refractivity contribution >= 4 is 11.9 Å². The molecule has 118 valence electrons. The van der Waals surface area contributed by atoms with Crippen molar-refractivity contribution in [3.8, 4) is 0 Å². The topological polar surface area (TPSA) is 52.7 Å². The van der Waals surface area contributed by atoms with Crippen LogP contribution < -0.4 is 5.32 Å². The molecule has 0 unspecified atom stereocenters. The van der Waals surface area contributed by atoms with Crippen LogP contribution >= 0.6 is 0 Å². The van der Waals surface area contributed by atoms with E-state index in [4.69, 9.17) is 0 Å². The van der Waals surface area contributed by atoms with Crippen LogP contribution in [0.25, 0.3) is 0 Å². The zero-order valence-corrected chi connectivity index (χ0v) is 13.3. The molecule has 2 aliphatic heterocycles. The SMILES string of the molecule is Cc1ccc(C)c(C(=O)N2CCC(N3CCNC3=O)CC2)c1. The van der Waals surface area contributed by atoms with Gasteiger partial charge in [-0.05, 0) is 38.3 Å². The monoisotopic (exact) mass is 301 g/mol. The molecule has 0 atom stereocenters. The fraction of sp³-hybridized carbons (Fsp3) is 0.529. The Balaban J connectivity index is 1.64. The average Bonchev–Trinajstić information content (AvgIpc) is 2.95. The third-order valence-corrected chi connectivity index (χ3v) is 4.71. The summed E-state index contributed by atoms with van der Waals surface area (Å²) in [5.74, 6) is 0.116. The number of piperidine rings is 1. The maximum absolute atomic E-state index is 12.7. The number of hydrogen-bond acceptors (Lipinski definition) is 2. The van der Waals surface area contributed by atoms with E-state index in [0.717, 1.165) is 55.7 Å².